The Kier molecular flexibility index (Phi) is 6.91. The molecular weight excluding hydrogens is 276 g/mol. The lowest BCUT2D eigenvalue weighted by atomic mass is 9.58. The molecule has 0 nitrogen and oxygen atoms in total. The molecule has 0 radical (unpaired) electrons. The van der Waals surface area contributed by atoms with Crippen LogP contribution >= 0.6 is 11.6 Å². The predicted molar refractivity (Wildman–Crippen MR) is 99.1 cm³/mol. The first-order valence-electron chi connectivity index (χ1n) is 8.68. The average molecular weight is 317 g/mol. The molecule has 1 heteroatoms. The van der Waals surface area contributed by atoms with Crippen LogP contribution in [0.3, 0.4) is 0 Å². The van der Waals surface area contributed by atoms with Crippen molar-refractivity contribution in [2.24, 2.45) is 27.6 Å². The Labute approximate surface area is 140 Å². The largest absolute Gasteiger partial charge is 0.122 e. The lowest BCUT2D eigenvalue weighted by Gasteiger charge is -2.49. The van der Waals surface area contributed by atoms with Gasteiger partial charge < -0.3 is 0 Å². The molecule has 2 atom stereocenters. The van der Waals surface area contributed by atoms with E-state index in [1.807, 2.05) is 0 Å². The maximum absolute atomic E-state index is 6.88. The standard InChI is InChI=1S/C20H41Cl/c1-12-15(18(5,6)7)13-19(8,9)20(10,11)16(21)14-17(2,3)4/h15-16H,12-14H2,1-11H3. The Morgan fingerprint density at radius 1 is 0.762 bits per heavy atom. The zero-order valence-corrected chi connectivity index (χ0v) is 17.4. The second-order valence-electron chi connectivity index (χ2n) is 10.5. The molecule has 0 spiro atoms. The van der Waals surface area contributed by atoms with Gasteiger partial charge in [0.2, 0.25) is 0 Å². The Hall–Kier alpha value is 0.290. The molecule has 0 aromatic rings. The minimum Gasteiger partial charge on any atom is -0.122 e. The van der Waals surface area contributed by atoms with Crippen molar-refractivity contribution < 1.29 is 0 Å². The Morgan fingerprint density at radius 3 is 1.48 bits per heavy atom. The first kappa shape index (κ1) is 21.3. The minimum atomic E-state index is 0.126. The fourth-order valence-electron chi connectivity index (χ4n) is 3.16. The summed E-state index contributed by atoms with van der Waals surface area (Å²) in [4.78, 5) is 0. The van der Waals surface area contributed by atoms with E-state index in [2.05, 4.69) is 76.2 Å². The molecule has 0 rings (SSSR count). The number of rotatable bonds is 6. The minimum absolute atomic E-state index is 0.126. The first-order chi connectivity index (χ1) is 9.04. The number of alkyl halides is 1. The van der Waals surface area contributed by atoms with Crippen LogP contribution in [0, 0.1) is 27.6 Å². The molecule has 21 heavy (non-hydrogen) atoms. The van der Waals surface area contributed by atoms with Crippen molar-refractivity contribution in [3.8, 4) is 0 Å². The van der Waals surface area contributed by atoms with E-state index in [1.165, 1.54) is 12.8 Å². The smallest absolute Gasteiger partial charge is 0.0397 e. The van der Waals surface area contributed by atoms with Crippen molar-refractivity contribution in [3.05, 3.63) is 0 Å². The zero-order valence-electron chi connectivity index (χ0n) is 16.7. The van der Waals surface area contributed by atoms with Gasteiger partial charge in [-0.15, -0.1) is 11.6 Å². The average Bonchev–Trinajstić information content (AvgIpc) is 2.21. The van der Waals surface area contributed by atoms with Crippen LogP contribution < -0.4 is 0 Å². The van der Waals surface area contributed by atoms with Crippen LogP contribution in [0.25, 0.3) is 0 Å². The van der Waals surface area contributed by atoms with Crippen molar-refractivity contribution >= 4 is 11.6 Å². The van der Waals surface area contributed by atoms with Gasteiger partial charge in [-0.25, -0.2) is 0 Å². The highest BCUT2D eigenvalue weighted by atomic mass is 35.5. The fraction of sp³-hybridized carbons (Fsp3) is 1.00. The van der Waals surface area contributed by atoms with Gasteiger partial charge >= 0.3 is 0 Å². The van der Waals surface area contributed by atoms with Gasteiger partial charge in [0.1, 0.15) is 0 Å². The van der Waals surface area contributed by atoms with E-state index in [0.29, 0.717) is 5.41 Å². The van der Waals surface area contributed by atoms with Crippen molar-refractivity contribution in [1.82, 2.24) is 0 Å². The van der Waals surface area contributed by atoms with Crippen LogP contribution in [0.15, 0.2) is 0 Å². The maximum Gasteiger partial charge on any atom is 0.0397 e. The van der Waals surface area contributed by atoms with E-state index in [4.69, 9.17) is 11.6 Å². The van der Waals surface area contributed by atoms with E-state index in [9.17, 15) is 0 Å². The SMILES string of the molecule is CCC(CC(C)(C)C(C)(C)C(Cl)CC(C)(C)C)C(C)(C)C. The Bertz CT molecular complexity index is 312. The number of halogens is 1. The summed E-state index contributed by atoms with van der Waals surface area (Å²) in [5, 5.41) is 0.213. The molecule has 0 aromatic heterocycles. The second kappa shape index (κ2) is 6.81. The third kappa shape index (κ3) is 6.12. The van der Waals surface area contributed by atoms with Gasteiger partial charge in [-0.05, 0) is 40.4 Å². The third-order valence-corrected chi connectivity index (χ3v) is 6.49. The van der Waals surface area contributed by atoms with Gasteiger partial charge in [0.15, 0.2) is 0 Å². The van der Waals surface area contributed by atoms with Crippen molar-refractivity contribution in [2.45, 2.75) is 101 Å². The molecule has 0 bridgehead atoms. The van der Waals surface area contributed by atoms with Crippen molar-refractivity contribution in [3.63, 3.8) is 0 Å². The number of hydrogen-bond acceptors (Lipinski definition) is 0. The van der Waals surface area contributed by atoms with E-state index >= 15 is 0 Å². The monoisotopic (exact) mass is 316 g/mol. The first-order valence-corrected chi connectivity index (χ1v) is 9.12. The summed E-state index contributed by atoms with van der Waals surface area (Å²) in [6.45, 7) is 25.9. The van der Waals surface area contributed by atoms with Gasteiger partial charge in [-0.1, -0.05) is 82.6 Å². The summed E-state index contributed by atoms with van der Waals surface area (Å²) in [5.74, 6) is 0.741. The Morgan fingerprint density at radius 2 is 1.19 bits per heavy atom. The van der Waals surface area contributed by atoms with Crippen molar-refractivity contribution in [1.29, 1.82) is 0 Å². The van der Waals surface area contributed by atoms with E-state index in [-0.39, 0.29) is 21.6 Å². The summed E-state index contributed by atoms with van der Waals surface area (Å²) in [6.07, 6.45) is 3.56. The maximum atomic E-state index is 6.88. The predicted octanol–water partition coefficient (Wildman–Crippen LogP) is 7.54. The number of hydrogen-bond donors (Lipinski definition) is 0. The lowest BCUT2D eigenvalue weighted by molar-refractivity contribution is 0.0351. The molecule has 0 aromatic carbocycles. The van der Waals surface area contributed by atoms with Crippen LogP contribution in [-0.4, -0.2) is 5.38 Å². The molecule has 0 amide bonds. The highest BCUT2D eigenvalue weighted by molar-refractivity contribution is 6.21. The van der Waals surface area contributed by atoms with Crippen LogP contribution in [0.2, 0.25) is 0 Å². The molecule has 0 saturated heterocycles. The normalized spacial score (nSPS) is 17.7. The summed E-state index contributed by atoms with van der Waals surface area (Å²) < 4.78 is 0. The van der Waals surface area contributed by atoms with Gasteiger partial charge in [-0.3, -0.25) is 0 Å². The lowest BCUT2D eigenvalue weighted by Crippen LogP contribution is -2.43. The molecule has 0 fully saturated rings. The van der Waals surface area contributed by atoms with Crippen LogP contribution in [0.4, 0.5) is 0 Å². The van der Waals surface area contributed by atoms with Gasteiger partial charge in [0, 0.05) is 5.38 Å². The molecule has 0 aliphatic heterocycles. The highest BCUT2D eigenvalue weighted by Gasteiger charge is 2.45. The Balaban J connectivity index is 5.18. The molecule has 0 N–H and O–H groups in total. The second-order valence-corrected chi connectivity index (χ2v) is 11.0. The van der Waals surface area contributed by atoms with Crippen LogP contribution in [0.1, 0.15) is 95.4 Å². The van der Waals surface area contributed by atoms with E-state index in [1.54, 1.807) is 0 Å². The van der Waals surface area contributed by atoms with Gasteiger partial charge in [0.25, 0.3) is 0 Å². The topological polar surface area (TPSA) is 0 Å². The molecule has 0 aliphatic rings. The van der Waals surface area contributed by atoms with E-state index < -0.39 is 0 Å². The summed E-state index contributed by atoms with van der Waals surface area (Å²) in [7, 11) is 0. The highest BCUT2D eigenvalue weighted by Crippen LogP contribution is 2.52. The zero-order chi connectivity index (χ0) is 17.3. The molecule has 0 aliphatic carbocycles. The van der Waals surface area contributed by atoms with Crippen molar-refractivity contribution in [2.75, 3.05) is 0 Å². The van der Waals surface area contributed by atoms with Crippen LogP contribution in [0.5, 0.6) is 0 Å². The van der Waals surface area contributed by atoms with Gasteiger partial charge in [-0.2, -0.15) is 0 Å². The molecule has 2 unspecified atom stereocenters. The molecular formula is C20H41Cl. The fourth-order valence-corrected chi connectivity index (χ4v) is 3.92. The summed E-state index contributed by atoms with van der Waals surface area (Å²) in [5.41, 5.74) is 1.01. The molecule has 0 saturated carbocycles. The summed E-state index contributed by atoms with van der Waals surface area (Å²) >= 11 is 6.88. The van der Waals surface area contributed by atoms with Crippen LogP contribution in [-0.2, 0) is 0 Å². The van der Waals surface area contributed by atoms with E-state index in [0.717, 1.165) is 12.3 Å². The molecule has 0 heterocycles. The third-order valence-electron chi connectivity index (χ3n) is 5.79. The van der Waals surface area contributed by atoms with Gasteiger partial charge in [0.05, 0.1) is 0 Å². The molecule has 128 valence electrons. The quantitative estimate of drug-likeness (QED) is 0.444. The summed E-state index contributed by atoms with van der Waals surface area (Å²) in [6, 6.07) is 0.